The molecule has 0 unspecified atom stereocenters. The number of aromatic hydroxyl groups is 1. The highest BCUT2D eigenvalue weighted by molar-refractivity contribution is 8.14. The second kappa shape index (κ2) is 14.7. The number of esters is 1. The molecule has 1 aliphatic carbocycles. The summed E-state index contributed by atoms with van der Waals surface area (Å²) in [5.41, 5.74) is 2.84. The first-order valence-electron chi connectivity index (χ1n) is 18.0. The van der Waals surface area contributed by atoms with Crippen LogP contribution in [0.4, 0.5) is 0 Å². The number of aryl methyl sites for hydroxylation is 2. The smallest absolute Gasteiger partial charge is 0.349 e. The molecule has 0 amide bonds. The zero-order chi connectivity index (χ0) is 35.9. The minimum Gasteiger partial charge on any atom is -0.508 e. The molecule has 10 nitrogen and oxygen atoms in total. The number of nitrogens with zero attached hydrogens (tertiary/aromatic N) is 4. The predicted molar refractivity (Wildman–Crippen MR) is 202 cm³/mol. The van der Waals surface area contributed by atoms with Crippen molar-refractivity contribution < 1.29 is 29.6 Å². The quantitative estimate of drug-likeness (QED) is 0.113. The van der Waals surface area contributed by atoms with Crippen molar-refractivity contribution in [1.82, 2.24) is 19.9 Å². The van der Waals surface area contributed by atoms with Gasteiger partial charge in [-0.2, -0.15) is 0 Å². The number of ether oxygens (including phenoxy) is 1. The number of carbonyl (C=O) groups is 2. The summed E-state index contributed by atoms with van der Waals surface area (Å²) in [7, 11) is 0. The summed E-state index contributed by atoms with van der Waals surface area (Å²) in [4.78, 5) is 29.7. The molecule has 3 aliphatic rings. The van der Waals surface area contributed by atoms with Gasteiger partial charge in [-0.05, 0) is 129 Å². The van der Waals surface area contributed by atoms with E-state index >= 15 is 0 Å². The van der Waals surface area contributed by atoms with E-state index in [0.29, 0.717) is 26.6 Å². The number of aliphatic hydroxyl groups is 2. The van der Waals surface area contributed by atoms with Crippen LogP contribution < -0.4 is 0 Å². The van der Waals surface area contributed by atoms with E-state index in [1.54, 1.807) is 24.3 Å². The number of aliphatic hydroxyl groups excluding tert-OH is 1. The predicted octanol–water partition coefficient (Wildman–Crippen LogP) is 6.61. The van der Waals surface area contributed by atoms with Gasteiger partial charge in [0.15, 0.2) is 5.12 Å². The minimum atomic E-state index is -1.75. The van der Waals surface area contributed by atoms with Crippen LogP contribution in [0.25, 0.3) is 11.0 Å². The SMILES string of the molecule is O=C1Cc2c(O)ccc([C@@H](O)CCCc3ccc4c(c3)nnn4CCCN3CCC4(CC3)CC(OC(=O)C(O)(c3cccs3)c3cccs3)C4)c2S1. The monoisotopic (exact) mass is 758 g/mol. The molecule has 8 rings (SSSR count). The molecule has 0 bridgehead atoms. The van der Waals surface area contributed by atoms with E-state index in [1.807, 2.05) is 27.6 Å². The molecule has 1 saturated carbocycles. The van der Waals surface area contributed by atoms with Gasteiger partial charge in [0.1, 0.15) is 17.4 Å². The van der Waals surface area contributed by atoms with E-state index in [4.69, 9.17) is 4.74 Å². The fraction of sp³-hybridized carbons (Fsp3) is 0.436. The zero-order valence-electron chi connectivity index (χ0n) is 28.8. The molecule has 1 saturated heterocycles. The van der Waals surface area contributed by atoms with E-state index in [0.717, 1.165) is 105 Å². The topological polar surface area (TPSA) is 138 Å². The average molecular weight is 759 g/mol. The van der Waals surface area contributed by atoms with E-state index in [9.17, 15) is 24.9 Å². The number of thioether (sulfide) groups is 1. The van der Waals surface area contributed by atoms with Crippen molar-refractivity contribution in [1.29, 1.82) is 0 Å². The van der Waals surface area contributed by atoms with Gasteiger partial charge < -0.3 is 25.0 Å². The van der Waals surface area contributed by atoms with Crippen molar-refractivity contribution >= 4 is 56.6 Å². The van der Waals surface area contributed by atoms with E-state index in [2.05, 4.69) is 33.4 Å². The summed E-state index contributed by atoms with van der Waals surface area (Å²) < 4.78 is 7.92. The van der Waals surface area contributed by atoms with Gasteiger partial charge in [0.05, 0.1) is 21.4 Å². The maximum Gasteiger partial charge on any atom is 0.349 e. The van der Waals surface area contributed by atoms with Crippen molar-refractivity contribution in [2.75, 3.05) is 19.6 Å². The Hall–Kier alpha value is -3.59. The molecule has 272 valence electrons. The highest BCUT2D eigenvalue weighted by atomic mass is 32.2. The molecule has 0 radical (unpaired) electrons. The fourth-order valence-corrected chi connectivity index (χ4v) is 10.9. The van der Waals surface area contributed by atoms with E-state index in [1.165, 1.54) is 22.7 Å². The Kier molecular flexibility index (Phi) is 10.0. The molecule has 1 spiro atoms. The molecule has 52 heavy (non-hydrogen) atoms. The van der Waals surface area contributed by atoms with Crippen LogP contribution in [0.5, 0.6) is 5.75 Å². The van der Waals surface area contributed by atoms with Crippen LogP contribution in [-0.4, -0.2) is 72.0 Å². The summed E-state index contributed by atoms with van der Waals surface area (Å²) in [5.74, 6) is -0.456. The maximum absolute atomic E-state index is 13.4. The van der Waals surface area contributed by atoms with Crippen molar-refractivity contribution in [2.45, 2.75) is 87.0 Å². The first-order valence-corrected chi connectivity index (χ1v) is 20.6. The van der Waals surface area contributed by atoms with Gasteiger partial charge in [0.2, 0.25) is 5.60 Å². The number of likely N-dealkylation sites (tertiary alicyclic amines) is 1. The van der Waals surface area contributed by atoms with Crippen LogP contribution in [0.3, 0.4) is 0 Å². The number of fused-ring (bicyclic) bond motifs is 2. The van der Waals surface area contributed by atoms with Crippen molar-refractivity contribution in [3.63, 3.8) is 0 Å². The number of carbonyl (C=O) groups excluding carboxylic acids is 2. The molecule has 5 aromatic rings. The molecule has 3 aromatic heterocycles. The van der Waals surface area contributed by atoms with Crippen LogP contribution in [0.15, 0.2) is 70.3 Å². The number of aromatic nitrogens is 3. The summed E-state index contributed by atoms with van der Waals surface area (Å²) in [6.45, 7) is 3.83. The number of benzene rings is 2. The van der Waals surface area contributed by atoms with Crippen LogP contribution in [0.1, 0.15) is 77.5 Å². The van der Waals surface area contributed by atoms with Gasteiger partial charge in [0, 0.05) is 23.4 Å². The Morgan fingerprint density at radius 2 is 1.77 bits per heavy atom. The van der Waals surface area contributed by atoms with Crippen LogP contribution in [0.2, 0.25) is 0 Å². The second-order valence-corrected chi connectivity index (χ2v) is 17.4. The van der Waals surface area contributed by atoms with Gasteiger partial charge in [-0.1, -0.05) is 41.2 Å². The number of rotatable bonds is 13. The van der Waals surface area contributed by atoms with Gasteiger partial charge in [-0.25, -0.2) is 9.48 Å². The average Bonchev–Trinajstić information content (AvgIpc) is 3.96. The Morgan fingerprint density at radius 1 is 1.02 bits per heavy atom. The molecule has 13 heteroatoms. The van der Waals surface area contributed by atoms with Gasteiger partial charge in [0.25, 0.3) is 0 Å². The van der Waals surface area contributed by atoms with Crippen LogP contribution in [-0.2, 0) is 39.3 Å². The normalized spacial score (nSPS) is 18.2. The third-order valence-electron chi connectivity index (χ3n) is 11.1. The van der Waals surface area contributed by atoms with Crippen molar-refractivity contribution in [2.24, 2.45) is 5.41 Å². The molecule has 3 N–H and O–H groups in total. The van der Waals surface area contributed by atoms with Gasteiger partial charge in [-0.3, -0.25) is 4.79 Å². The minimum absolute atomic E-state index is 0.00690. The van der Waals surface area contributed by atoms with Gasteiger partial charge >= 0.3 is 5.97 Å². The Balaban J connectivity index is 0.769. The fourth-order valence-electron chi connectivity index (χ4n) is 8.10. The van der Waals surface area contributed by atoms with Crippen LogP contribution in [0, 0.1) is 5.41 Å². The summed E-state index contributed by atoms with van der Waals surface area (Å²) in [6, 6.07) is 16.8. The highest BCUT2D eigenvalue weighted by Gasteiger charge is 2.51. The molecule has 2 fully saturated rings. The number of hydrogen-bond donors (Lipinski definition) is 3. The third kappa shape index (κ3) is 6.94. The molecule has 5 heterocycles. The molecule has 1 atom stereocenters. The number of phenols is 1. The lowest BCUT2D eigenvalue weighted by Crippen LogP contribution is -2.52. The molecular weight excluding hydrogens is 717 g/mol. The molecule has 2 aromatic carbocycles. The largest absolute Gasteiger partial charge is 0.508 e. The Bertz CT molecular complexity index is 2010. The molecular formula is C39H42N4O6S3. The Labute approximate surface area is 314 Å². The summed E-state index contributed by atoms with van der Waals surface area (Å²) >= 11 is 3.84. The third-order valence-corrected chi connectivity index (χ3v) is 14.1. The number of hydrogen-bond acceptors (Lipinski definition) is 12. The summed E-state index contributed by atoms with van der Waals surface area (Å²) in [5, 5.41) is 45.2. The molecule has 2 aliphatic heterocycles. The first-order chi connectivity index (χ1) is 25.2. The number of phenolic OH excluding ortho intramolecular Hbond substituents is 1. The van der Waals surface area contributed by atoms with Crippen molar-refractivity contribution in [3.8, 4) is 5.75 Å². The second-order valence-electron chi connectivity index (χ2n) is 14.5. The van der Waals surface area contributed by atoms with E-state index < -0.39 is 17.7 Å². The highest BCUT2D eigenvalue weighted by Crippen LogP contribution is 2.51. The lowest BCUT2D eigenvalue weighted by molar-refractivity contribution is -0.181. The number of thiophene rings is 2. The van der Waals surface area contributed by atoms with Gasteiger partial charge in [-0.15, -0.1) is 27.8 Å². The lowest BCUT2D eigenvalue weighted by atomic mass is 9.61. The van der Waals surface area contributed by atoms with Crippen molar-refractivity contribution in [3.05, 3.63) is 91.8 Å². The lowest BCUT2D eigenvalue weighted by Gasteiger charge is -2.51. The maximum atomic E-state index is 13.4. The summed E-state index contributed by atoms with van der Waals surface area (Å²) in [6.07, 6.45) is 6.32. The first kappa shape index (κ1) is 35.4. The number of piperidine rings is 1. The Morgan fingerprint density at radius 3 is 2.48 bits per heavy atom. The van der Waals surface area contributed by atoms with Crippen LogP contribution >= 0.6 is 34.4 Å². The zero-order valence-corrected chi connectivity index (χ0v) is 31.2. The standard InChI is InChI=1S/C39H42N4O6S3/c44-31(27-10-12-32(45)28-22-35(46)52-36(27)28)6-1-5-25-9-11-30-29(21-25)40-41-43(30)16-4-15-42-17-13-38(14-18-42)23-26(24-38)49-37(47)39(48,33-7-2-19-50-33)34-8-3-20-51-34/h2-3,7-12,19-21,26,31,44-45,48H,1,4-6,13-18,22-24H2/t31-/m0/s1. The van der Waals surface area contributed by atoms with E-state index in [-0.39, 0.29) is 28.8 Å².